The number of likely N-dealkylation sites (tertiary alicyclic amines) is 1. The summed E-state index contributed by atoms with van der Waals surface area (Å²) >= 11 is 1.78. The van der Waals surface area contributed by atoms with Gasteiger partial charge >= 0.3 is 6.03 Å². The van der Waals surface area contributed by atoms with E-state index >= 15 is 0 Å². The van der Waals surface area contributed by atoms with E-state index in [9.17, 15) is 9.59 Å². The number of carbonyl (C=O) groups excluding carboxylic acids is 2. The van der Waals surface area contributed by atoms with E-state index in [0.717, 1.165) is 31.5 Å². The first kappa shape index (κ1) is 18.0. The molecule has 3 heterocycles. The summed E-state index contributed by atoms with van der Waals surface area (Å²) in [5.41, 5.74) is 2.07. The fourth-order valence-electron chi connectivity index (χ4n) is 4.13. The Morgan fingerprint density at radius 1 is 1.15 bits per heavy atom. The first-order valence-electron chi connectivity index (χ1n) is 9.61. The number of anilines is 1. The van der Waals surface area contributed by atoms with Gasteiger partial charge in [-0.1, -0.05) is 18.2 Å². The van der Waals surface area contributed by atoms with Crippen LogP contribution in [0.4, 0.5) is 10.5 Å². The third-order valence-corrected chi connectivity index (χ3v) is 6.64. The molecule has 0 aliphatic carbocycles. The third kappa shape index (κ3) is 3.72. The van der Waals surface area contributed by atoms with Crippen LogP contribution in [-0.4, -0.2) is 41.4 Å². The van der Waals surface area contributed by atoms with Crippen molar-refractivity contribution >= 4 is 29.0 Å². The highest BCUT2D eigenvalue weighted by molar-refractivity contribution is 7.10. The molecule has 3 amide bonds. The second-order valence-corrected chi connectivity index (χ2v) is 8.34. The Balaban J connectivity index is 1.41. The van der Waals surface area contributed by atoms with E-state index in [1.54, 1.807) is 16.2 Å². The Bertz CT molecular complexity index is 820. The van der Waals surface area contributed by atoms with E-state index in [1.807, 2.05) is 35.2 Å². The van der Waals surface area contributed by atoms with Crippen LogP contribution in [0.15, 0.2) is 41.8 Å². The summed E-state index contributed by atoms with van der Waals surface area (Å²) in [7, 11) is 0. The van der Waals surface area contributed by atoms with Crippen LogP contribution in [0.2, 0.25) is 0 Å². The first-order valence-corrected chi connectivity index (χ1v) is 10.5. The van der Waals surface area contributed by atoms with Crippen molar-refractivity contribution in [3.8, 4) is 0 Å². The predicted molar refractivity (Wildman–Crippen MR) is 108 cm³/mol. The molecule has 0 bridgehead atoms. The van der Waals surface area contributed by atoms with Gasteiger partial charge in [-0.2, -0.15) is 0 Å². The standard InChI is InChI=1S/C21H25N3O2S/c1-15-18-10-13-27-19(18)9-12-24(15)20(25)16-6-5-11-23(14-16)21(26)22-17-7-3-2-4-8-17/h2-4,7-8,10,13,15-16H,5-6,9,11-12,14H2,1H3,(H,22,26). The van der Waals surface area contributed by atoms with Crippen molar-refractivity contribution in [3.05, 3.63) is 52.2 Å². The van der Waals surface area contributed by atoms with Crippen LogP contribution in [-0.2, 0) is 11.2 Å². The van der Waals surface area contributed by atoms with Gasteiger partial charge in [-0.25, -0.2) is 4.79 Å². The maximum absolute atomic E-state index is 13.2. The Kier molecular flexibility index (Phi) is 5.16. The zero-order chi connectivity index (χ0) is 18.8. The number of nitrogens with one attached hydrogen (secondary N) is 1. The van der Waals surface area contributed by atoms with E-state index in [2.05, 4.69) is 23.7 Å². The van der Waals surface area contributed by atoms with Gasteiger partial charge in [-0.15, -0.1) is 11.3 Å². The summed E-state index contributed by atoms with van der Waals surface area (Å²) in [6, 6.07) is 11.6. The minimum Gasteiger partial charge on any atom is -0.335 e. The summed E-state index contributed by atoms with van der Waals surface area (Å²) in [5, 5.41) is 5.05. The Morgan fingerprint density at radius 2 is 1.96 bits per heavy atom. The van der Waals surface area contributed by atoms with Gasteiger partial charge in [0.1, 0.15) is 0 Å². The molecule has 0 spiro atoms. The van der Waals surface area contributed by atoms with E-state index in [1.165, 1.54) is 10.4 Å². The molecule has 2 aliphatic rings. The molecule has 142 valence electrons. The number of carbonyl (C=O) groups is 2. The van der Waals surface area contributed by atoms with Gasteiger partial charge < -0.3 is 15.1 Å². The molecule has 1 N–H and O–H groups in total. The lowest BCUT2D eigenvalue weighted by Crippen LogP contribution is -2.49. The van der Waals surface area contributed by atoms with Crippen LogP contribution in [0.5, 0.6) is 0 Å². The summed E-state index contributed by atoms with van der Waals surface area (Å²) in [4.78, 5) is 31.0. The third-order valence-electron chi connectivity index (χ3n) is 5.64. The van der Waals surface area contributed by atoms with Crippen molar-refractivity contribution in [3.63, 3.8) is 0 Å². The minimum absolute atomic E-state index is 0.108. The largest absolute Gasteiger partial charge is 0.335 e. The van der Waals surface area contributed by atoms with Crippen LogP contribution in [0.3, 0.4) is 0 Å². The smallest absolute Gasteiger partial charge is 0.321 e. The lowest BCUT2D eigenvalue weighted by atomic mass is 9.93. The number of piperidine rings is 1. The van der Waals surface area contributed by atoms with E-state index in [0.29, 0.717) is 13.1 Å². The van der Waals surface area contributed by atoms with E-state index in [4.69, 9.17) is 0 Å². The van der Waals surface area contributed by atoms with Crippen molar-refractivity contribution in [1.29, 1.82) is 0 Å². The maximum Gasteiger partial charge on any atom is 0.321 e. The number of thiophene rings is 1. The molecule has 4 rings (SSSR count). The van der Waals surface area contributed by atoms with Gasteiger partial charge in [-0.3, -0.25) is 4.79 Å². The van der Waals surface area contributed by atoms with Crippen LogP contribution >= 0.6 is 11.3 Å². The highest BCUT2D eigenvalue weighted by Crippen LogP contribution is 2.34. The predicted octanol–water partition coefficient (Wildman–Crippen LogP) is 4.14. The average Bonchev–Trinajstić information content (AvgIpc) is 3.18. The normalized spacial score (nSPS) is 22.3. The van der Waals surface area contributed by atoms with Crippen LogP contribution in [0.25, 0.3) is 0 Å². The van der Waals surface area contributed by atoms with Crippen molar-refractivity contribution in [2.24, 2.45) is 5.92 Å². The van der Waals surface area contributed by atoms with Crippen molar-refractivity contribution < 1.29 is 9.59 Å². The first-order chi connectivity index (χ1) is 13.1. The number of fused-ring (bicyclic) bond motifs is 1. The Hall–Kier alpha value is -2.34. The van der Waals surface area contributed by atoms with Crippen molar-refractivity contribution in [1.82, 2.24) is 9.80 Å². The lowest BCUT2D eigenvalue weighted by Gasteiger charge is -2.39. The molecule has 2 unspecified atom stereocenters. The molecule has 0 saturated carbocycles. The monoisotopic (exact) mass is 383 g/mol. The average molecular weight is 384 g/mol. The minimum atomic E-state index is -0.120. The highest BCUT2D eigenvalue weighted by Gasteiger charge is 2.35. The fourth-order valence-corrected chi connectivity index (χ4v) is 5.09. The number of hydrogen-bond acceptors (Lipinski definition) is 3. The Labute approximate surface area is 164 Å². The van der Waals surface area contributed by atoms with E-state index < -0.39 is 0 Å². The number of amides is 3. The molecule has 0 radical (unpaired) electrons. The number of hydrogen-bond donors (Lipinski definition) is 1. The van der Waals surface area contributed by atoms with Crippen molar-refractivity contribution in [2.45, 2.75) is 32.2 Å². The summed E-state index contributed by atoms with van der Waals surface area (Å²) in [6.07, 6.45) is 2.66. The maximum atomic E-state index is 13.2. The summed E-state index contributed by atoms with van der Waals surface area (Å²) in [6.45, 7) is 4.09. The van der Waals surface area contributed by atoms with Gasteiger partial charge in [0.05, 0.1) is 12.0 Å². The molecule has 1 aromatic carbocycles. The molecule has 1 aromatic heterocycles. The SMILES string of the molecule is CC1c2ccsc2CCN1C(=O)C1CCCN(C(=O)Nc2ccccc2)C1. The van der Waals surface area contributed by atoms with Gasteiger partial charge in [0.25, 0.3) is 0 Å². The van der Waals surface area contributed by atoms with Gasteiger partial charge in [0.15, 0.2) is 0 Å². The molecular formula is C21H25N3O2S. The summed E-state index contributed by atoms with van der Waals surface area (Å²) < 4.78 is 0. The summed E-state index contributed by atoms with van der Waals surface area (Å²) in [5.74, 6) is 0.0828. The van der Waals surface area contributed by atoms with Gasteiger partial charge in [-0.05, 0) is 55.3 Å². The van der Waals surface area contributed by atoms with E-state index in [-0.39, 0.29) is 23.9 Å². The second kappa shape index (κ2) is 7.72. The van der Waals surface area contributed by atoms with Crippen LogP contribution < -0.4 is 5.32 Å². The number of nitrogens with zero attached hydrogens (tertiary/aromatic N) is 2. The number of benzene rings is 1. The Morgan fingerprint density at radius 3 is 2.78 bits per heavy atom. The zero-order valence-corrected chi connectivity index (χ0v) is 16.4. The van der Waals surface area contributed by atoms with Crippen molar-refractivity contribution in [2.75, 3.05) is 25.0 Å². The quantitative estimate of drug-likeness (QED) is 0.847. The molecule has 2 aromatic rings. The number of rotatable bonds is 2. The van der Waals surface area contributed by atoms with Crippen LogP contribution in [0.1, 0.15) is 36.2 Å². The number of urea groups is 1. The molecule has 1 fully saturated rings. The topological polar surface area (TPSA) is 52.7 Å². The molecule has 6 heteroatoms. The molecule has 1 saturated heterocycles. The van der Waals surface area contributed by atoms with Gasteiger partial charge in [0.2, 0.25) is 5.91 Å². The zero-order valence-electron chi connectivity index (χ0n) is 15.6. The number of para-hydroxylation sites is 1. The fraction of sp³-hybridized carbons (Fsp3) is 0.429. The highest BCUT2D eigenvalue weighted by atomic mass is 32.1. The second-order valence-electron chi connectivity index (χ2n) is 7.34. The molecular weight excluding hydrogens is 358 g/mol. The molecule has 5 nitrogen and oxygen atoms in total. The van der Waals surface area contributed by atoms with Gasteiger partial charge in [0, 0.05) is 30.2 Å². The van der Waals surface area contributed by atoms with Crippen LogP contribution in [0, 0.1) is 5.92 Å². The molecule has 2 atom stereocenters. The lowest BCUT2D eigenvalue weighted by molar-refractivity contribution is -0.139. The molecule has 2 aliphatic heterocycles. The molecule has 27 heavy (non-hydrogen) atoms.